The van der Waals surface area contributed by atoms with Crippen LogP contribution >= 0.6 is 0 Å². The highest BCUT2D eigenvalue weighted by Crippen LogP contribution is 2.16. The second-order valence-electron chi connectivity index (χ2n) is 7.28. The number of rotatable bonds is 8. The number of likely N-dealkylation sites (tertiary alicyclic amines) is 1. The quantitative estimate of drug-likeness (QED) is 0.669. The van der Waals surface area contributed by atoms with Crippen molar-refractivity contribution in [1.29, 1.82) is 0 Å². The molecule has 1 aromatic rings. The molecule has 158 valence electrons. The molecule has 28 heavy (non-hydrogen) atoms. The molecule has 1 heterocycles. The molecule has 1 amide bonds. The van der Waals surface area contributed by atoms with E-state index in [2.05, 4.69) is 5.32 Å². The van der Waals surface area contributed by atoms with E-state index in [1.165, 1.54) is 12.1 Å². The largest absolute Gasteiger partial charge is 0.447 e. The molecule has 0 aliphatic carbocycles. The SMILES string of the molecule is CC(C)OC(=O)N1CCC(OCC(O)CNc2ccc(S(C)(=O)=O)cc2)CC1. The van der Waals surface area contributed by atoms with E-state index >= 15 is 0 Å². The van der Waals surface area contributed by atoms with Gasteiger partial charge in [-0.2, -0.15) is 0 Å². The normalized spacial score (nSPS) is 16.8. The standard InChI is InChI=1S/C19H30N2O6S/c1-14(2)27-19(23)21-10-8-17(9-11-21)26-13-16(22)12-20-15-4-6-18(7-5-15)28(3,24)25/h4-7,14,16-17,20,22H,8-13H2,1-3H3. The molecule has 1 aromatic carbocycles. The maximum atomic E-state index is 11.9. The lowest BCUT2D eigenvalue weighted by molar-refractivity contribution is -0.0319. The number of anilines is 1. The molecular weight excluding hydrogens is 384 g/mol. The number of amides is 1. The summed E-state index contributed by atoms with van der Waals surface area (Å²) in [5, 5.41) is 13.2. The Hall–Kier alpha value is -1.84. The molecule has 1 fully saturated rings. The van der Waals surface area contributed by atoms with Gasteiger partial charge in [0, 0.05) is 31.6 Å². The predicted molar refractivity (Wildman–Crippen MR) is 106 cm³/mol. The van der Waals surface area contributed by atoms with Crippen molar-refractivity contribution < 1.29 is 27.8 Å². The topological polar surface area (TPSA) is 105 Å². The lowest BCUT2D eigenvalue weighted by Crippen LogP contribution is -2.42. The van der Waals surface area contributed by atoms with Crippen LogP contribution in [-0.2, 0) is 19.3 Å². The summed E-state index contributed by atoms with van der Waals surface area (Å²) in [4.78, 5) is 13.8. The van der Waals surface area contributed by atoms with Gasteiger partial charge in [0.25, 0.3) is 0 Å². The fourth-order valence-electron chi connectivity index (χ4n) is 2.84. The first-order valence-electron chi connectivity index (χ1n) is 9.44. The van der Waals surface area contributed by atoms with E-state index in [9.17, 15) is 18.3 Å². The number of aliphatic hydroxyl groups is 1. The summed E-state index contributed by atoms with van der Waals surface area (Å²) in [5.74, 6) is 0. The average Bonchev–Trinajstić information content (AvgIpc) is 2.64. The monoisotopic (exact) mass is 414 g/mol. The van der Waals surface area contributed by atoms with Gasteiger partial charge in [-0.05, 0) is 51.0 Å². The van der Waals surface area contributed by atoms with Crippen molar-refractivity contribution in [3.05, 3.63) is 24.3 Å². The molecule has 0 radical (unpaired) electrons. The van der Waals surface area contributed by atoms with Crippen LogP contribution < -0.4 is 5.32 Å². The Morgan fingerprint density at radius 2 is 1.86 bits per heavy atom. The summed E-state index contributed by atoms with van der Waals surface area (Å²) >= 11 is 0. The van der Waals surface area contributed by atoms with Gasteiger partial charge < -0.3 is 24.8 Å². The van der Waals surface area contributed by atoms with Gasteiger partial charge in [-0.3, -0.25) is 0 Å². The zero-order valence-corrected chi connectivity index (χ0v) is 17.4. The first-order valence-corrected chi connectivity index (χ1v) is 11.3. The molecule has 1 saturated heterocycles. The Bertz CT molecular complexity index is 727. The summed E-state index contributed by atoms with van der Waals surface area (Å²) in [6.07, 6.45) is 1.46. The van der Waals surface area contributed by atoms with Crippen LogP contribution in [0.5, 0.6) is 0 Å². The number of aliphatic hydroxyl groups excluding tert-OH is 1. The summed E-state index contributed by atoms with van der Waals surface area (Å²) in [7, 11) is -3.22. The summed E-state index contributed by atoms with van der Waals surface area (Å²) < 4.78 is 33.8. The van der Waals surface area contributed by atoms with Crippen LogP contribution in [0.1, 0.15) is 26.7 Å². The van der Waals surface area contributed by atoms with Crippen LogP contribution in [0.25, 0.3) is 0 Å². The van der Waals surface area contributed by atoms with Crippen molar-refractivity contribution in [1.82, 2.24) is 4.90 Å². The van der Waals surface area contributed by atoms with E-state index in [1.807, 2.05) is 13.8 Å². The Kier molecular flexibility index (Phi) is 8.09. The Balaban J connectivity index is 1.66. The number of hydrogen-bond donors (Lipinski definition) is 2. The average molecular weight is 415 g/mol. The fourth-order valence-corrected chi connectivity index (χ4v) is 3.47. The van der Waals surface area contributed by atoms with Crippen LogP contribution in [0, 0.1) is 0 Å². The van der Waals surface area contributed by atoms with Crippen molar-refractivity contribution in [3.8, 4) is 0 Å². The molecule has 1 unspecified atom stereocenters. The Morgan fingerprint density at radius 3 is 2.39 bits per heavy atom. The Morgan fingerprint density at radius 1 is 1.25 bits per heavy atom. The maximum Gasteiger partial charge on any atom is 0.410 e. The van der Waals surface area contributed by atoms with Gasteiger partial charge in [0.05, 0.1) is 29.8 Å². The van der Waals surface area contributed by atoms with E-state index in [-0.39, 0.29) is 36.3 Å². The lowest BCUT2D eigenvalue weighted by atomic mass is 10.1. The molecule has 1 aliphatic heterocycles. The smallest absolute Gasteiger partial charge is 0.410 e. The first kappa shape index (κ1) is 22.4. The van der Waals surface area contributed by atoms with E-state index < -0.39 is 15.9 Å². The third-order valence-electron chi connectivity index (χ3n) is 4.39. The first-order chi connectivity index (χ1) is 13.1. The molecular formula is C19H30N2O6S. The predicted octanol–water partition coefficient (Wildman–Crippen LogP) is 1.89. The van der Waals surface area contributed by atoms with Gasteiger partial charge in [0.15, 0.2) is 9.84 Å². The molecule has 0 bridgehead atoms. The Labute approximate surface area is 166 Å². The summed E-state index contributed by atoms with van der Waals surface area (Å²) in [5.41, 5.74) is 0.725. The number of carbonyl (C=O) groups is 1. The van der Waals surface area contributed by atoms with Crippen LogP contribution in [0.4, 0.5) is 10.5 Å². The van der Waals surface area contributed by atoms with E-state index in [0.29, 0.717) is 25.9 Å². The van der Waals surface area contributed by atoms with Gasteiger partial charge in [-0.1, -0.05) is 0 Å². The van der Waals surface area contributed by atoms with E-state index in [4.69, 9.17) is 9.47 Å². The maximum absolute atomic E-state index is 11.9. The van der Waals surface area contributed by atoms with Crippen LogP contribution in [0.15, 0.2) is 29.2 Å². The highest BCUT2D eigenvalue weighted by molar-refractivity contribution is 7.90. The highest BCUT2D eigenvalue weighted by Gasteiger charge is 2.25. The van der Waals surface area contributed by atoms with Gasteiger partial charge in [-0.25, -0.2) is 13.2 Å². The van der Waals surface area contributed by atoms with Crippen LogP contribution in [0.2, 0.25) is 0 Å². The number of hydrogen-bond acceptors (Lipinski definition) is 7. The third kappa shape index (κ3) is 7.29. The van der Waals surface area contributed by atoms with Gasteiger partial charge in [0.2, 0.25) is 0 Å². The molecule has 2 N–H and O–H groups in total. The highest BCUT2D eigenvalue weighted by atomic mass is 32.2. The number of sulfone groups is 1. The molecule has 1 atom stereocenters. The minimum absolute atomic E-state index is 0.00629. The van der Waals surface area contributed by atoms with Gasteiger partial charge in [-0.15, -0.1) is 0 Å². The number of nitrogens with zero attached hydrogens (tertiary/aromatic N) is 1. The van der Waals surface area contributed by atoms with Gasteiger partial charge in [0.1, 0.15) is 0 Å². The number of piperidine rings is 1. The van der Waals surface area contributed by atoms with E-state index in [1.54, 1.807) is 17.0 Å². The second-order valence-corrected chi connectivity index (χ2v) is 9.30. The van der Waals surface area contributed by atoms with Crippen molar-refractivity contribution in [2.45, 2.75) is 49.9 Å². The molecule has 0 spiro atoms. The lowest BCUT2D eigenvalue weighted by Gasteiger charge is -2.32. The number of ether oxygens (including phenoxy) is 2. The minimum atomic E-state index is -3.22. The van der Waals surface area contributed by atoms with Crippen molar-refractivity contribution in [2.75, 3.05) is 37.8 Å². The molecule has 8 nitrogen and oxygen atoms in total. The fraction of sp³-hybridized carbons (Fsp3) is 0.632. The number of benzene rings is 1. The third-order valence-corrected chi connectivity index (χ3v) is 5.51. The molecule has 0 aromatic heterocycles. The zero-order valence-electron chi connectivity index (χ0n) is 16.6. The van der Waals surface area contributed by atoms with Crippen molar-refractivity contribution in [3.63, 3.8) is 0 Å². The molecule has 2 rings (SSSR count). The minimum Gasteiger partial charge on any atom is -0.447 e. The summed E-state index contributed by atoms with van der Waals surface area (Å²) in [6, 6.07) is 6.38. The van der Waals surface area contributed by atoms with Crippen LogP contribution in [0.3, 0.4) is 0 Å². The van der Waals surface area contributed by atoms with Crippen LogP contribution in [-0.4, -0.2) is 75.3 Å². The number of carbonyl (C=O) groups excluding carboxylic acids is 1. The van der Waals surface area contributed by atoms with E-state index in [0.717, 1.165) is 11.9 Å². The molecule has 9 heteroatoms. The zero-order chi connectivity index (χ0) is 20.7. The van der Waals surface area contributed by atoms with Gasteiger partial charge >= 0.3 is 6.09 Å². The summed E-state index contributed by atoms with van der Waals surface area (Å²) in [6.45, 7) is 5.29. The number of nitrogens with one attached hydrogen (secondary N) is 1. The van der Waals surface area contributed by atoms with Crippen molar-refractivity contribution in [2.24, 2.45) is 0 Å². The molecule has 1 aliphatic rings. The second kappa shape index (κ2) is 10.1. The van der Waals surface area contributed by atoms with Crippen molar-refractivity contribution >= 4 is 21.6 Å². The molecule has 0 saturated carbocycles.